The molecule has 2 aromatic carbocycles. The molecule has 1 aromatic heterocycles. The third-order valence-electron chi connectivity index (χ3n) is 6.12. The van der Waals surface area contributed by atoms with Crippen LogP contribution in [0, 0.1) is 11.3 Å². The van der Waals surface area contributed by atoms with Gasteiger partial charge in [-0.2, -0.15) is 5.26 Å². The Hall–Kier alpha value is -4.38. The first-order chi connectivity index (χ1) is 18.2. The highest BCUT2D eigenvalue weighted by atomic mass is 16.6. The number of amides is 2. The summed E-state index contributed by atoms with van der Waals surface area (Å²) in [7, 11) is 0. The molecule has 1 aliphatic heterocycles. The van der Waals surface area contributed by atoms with E-state index in [9.17, 15) is 14.9 Å². The number of pyridine rings is 1. The monoisotopic (exact) mass is 512 g/mol. The predicted molar refractivity (Wildman–Crippen MR) is 143 cm³/mol. The SMILES string of the molecule is CC(C)(C)OC(=O)N[C@H]1CCCN(C(=O)c2c(-c3ccccc3)ccc(OCc3cccnc3)c2C#N)C1. The Bertz CT molecular complexity index is 1310. The predicted octanol–water partition coefficient (Wildman–Crippen LogP) is 5.33. The molecule has 0 radical (unpaired) electrons. The first kappa shape index (κ1) is 26.7. The number of ether oxygens (including phenoxy) is 2. The average Bonchev–Trinajstić information content (AvgIpc) is 2.91. The summed E-state index contributed by atoms with van der Waals surface area (Å²) in [4.78, 5) is 32.2. The van der Waals surface area contributed by atoms with Gasteiger partial charge in [0, 0.05) is 37.1 Å². The van der Waals surface area contributed by atoms with Crippen molar-refractivity contribution >= 4 is 12.0 Å². The minimum atomic E-state index is -0.614. The average molecular weight is 513 g/mol. The lowest BCUT2D eigenvalue weighted by Crippen LogP contribution is -2.50. The summed E-state index contributed by atoms with van der Waals surface area (Å²) in [6, 6.07) is 18.7. The van der Waals surface area contributed by atoms with Crippen molar-refractivity contribution in [3.05, 3.63) is 83.7 Å². The lowest BCUT2D eigenvalue weighted by Gasteiger charge is -2.34. The number of likely N-dealkylation sites (tertiary alicyclic amines) is 1. The van der Waals surface area contributed by atoms with E-state index in [-0.39, 0.29) is 24.1 Å². The second-order valence-electron chi connectivity index (χ2n) is 10.2. The summed E-state index contributed by atoms with van der Waals surface area (Å²) in [5.41, 5.74) is 2.19. The molecule has 1 fully saturated rings. The second-order valence-corrected chi connectivity index (χ2v) is 10.2. The number of nitrogens with zero attached hydrogens (tertiary/aromatic N) is 3. The maximum atomic E-state index is 14.0. The highest BCUT2D eigenvalue weighted by Crippen LogP contribution is 2.34. The van der Waals surface area contributed by atoms with Crippen LogP contribution in [0.4, 0.5) is 4.79 Å². The number of nitrogens with one attached hydrogen (secondary N) is 1. The van der Waals surface area contributed by atoms with Crippen molar-refractivity contribution in [1.29, 1.82) is 5.26 Å². The molecule has 2 amide bonds. The molecule has 1 saturated heterocycles. The summed E-state index contributed by atoms with van der Waals surface area (Å²) in [6.07, 6.45) is 4.31. The minimum absolute atomic E-state index is 0.183. The Kier molecular flexibility index (Phi) is 8.27. The van der Waals surface area contributed by atoms with Gasteiger partial charge in [-0.05, 0) is 62.9 Å². The summed E-state index contributed by atoms with van der Waals surface area (Å²) in [5, 5.41) is 13.1. The molecule has 2 heterocycles. The van der Waals surface area contributed by atoms with Crippen molar-refractivity contribution in [3.8, 4) is 22.9 Å². The number of hydrogen-bond donors (Lipinski definition) is 1. The van der Waals surface area contributed by atoms with Gasteiger partial charge in [-0.25, -0.2) is 4.79 Å². The largest absolute Gasteiger partial charge is 0.487 e. The summed E-state index contributed by atoms with van der Waals surface area (Å²) >= 11 is 0. The van der Waals surface area contributed by atoms with Crippen LogP contribution in [0.3, 0.4) is 0 Å². The molecule has 3 aromatic rings. The zero-order chi connectivity index (χ0) is 27.1. The lowest BCUT2D eigenvalue weighted by atomic mass is 9.93. The maximum absolute atomic E-state index is 14.0. The Morgan fingerprint density at radius 2 is 1.92 bits per heavy atom. The quantitative estimate of drug-likeness (QED) is 0.479. The standard InChI is InChI=1S/C30H32N4O4/c1-30(2,3)38-29(36)33-23-12-8-16-34(19-23)28(35)27-24(22-10-5-4-6-11-22)13-14-26(25(27)17-31)37-20-21-9-7-15-32-18-21/h4-7,9-11,13-15,18,23H,8,12,16,19-20H2,1-3H3,(H,33,36)/t23-/m0/s1. The van der Waals surface area contributed by atoms with E-state index in [1.807, 2.05) is 48.5 Å². The molecule has 4 rings (SSSR count). The summed E-state index contributed by atoms with van der Waals surface area (Å²) < 4.78 is 11.4. The fourth-order valence-electron chi connectivity index (χ4n) is 4.45. The van der Waals surface area contributed by atoms with E-state index in [2.05, 4.69) is 16.4 Å². The number of rotatable bonds is 6. The number of piperidine rings is 1. The van der Waals surface area contributed by atoms with E-state index < -0.39 is 11.7 Å². The molecule has 0 aliphatic carbocycles. The molecular weight excluding hydrogens is 480 g/mol. The van der Waals surface area contributed by atoms with Crippen LogP contribution >= 0.6 is 0 Å². The van der Waals surface area contributed by atoms with E-state index in [0.29, 0.717) is 36.4 Å². The fourth-order valence-corrected chi connectivity index (χ4v) is 4.45. The molecule has 8 heteroatoms. The maximum Gasteiger partial charge on any atom is 0.407 e. The van der Waals surface area contributed by atoms with Gasteiger partial charge in [0.1, 0.15) is 29.6 Å². The lowest BCUT2D eigenvalue weighted by molar-refractivity contribution is 0.0452. The molecule has 196 valence electrons. The number of nitriles is 1. The smallest absolute Gasteiger partial charge is 0.407 e. The molecule has 0 unspecified atom stereocenters. The van der Waals surface area contributed by atoms with Crippen molar-refractivity contribution in [1.82, 2.24) is 15.2 Å². The van der Waals surface area contributed by atoms with Crippen LogP contribution in [0.25, 0.3) is 11.1 Å². The number of carbonyl (C=O) groups excluding carboxylic acids is 2. The molecule has 1 N–H and O–H groups in total. The Labute approximate surface area is 223 Å². The molecule has 0 saturated carbocycles. The third-order valence-corrected chi connectivity index (χ3v) is 6.12. The van der Waals surface area contributed by atoms with Gasteiger partial charge >= 0.3 is 6.09 Å². The van der Waals surface area contributed by atoms with Crippen LogP contribution in [0.15, 0.2) is 67.0 Å². The van der Waals surface area contributed by atoms with Crippen LogP contribution in [-0.2, 0) is 11.3 Å². The van der Waals surface area contributed by atoms with Gasteiger partial charge in [-0.3, -0.25) is 9.78 Å². The topological polar surface area (TPSA) is 105 Å². The highest BCUT2D eigenvalue weighted by Gasteiger charge is 2.31. The van der Waals surface area contributed by atoms with Crippen molar-refractivity contribution < 1.29 is 19.1 Å². The highest BCUT2D eigenvalue weighted by molar-refractivity contribution is 6.04. The van der Waals surface area contributed by atoms with Crippen LogP contribution in [0.2, 0.25) is 0 Å². The molecule has 1 aliphatic rings. The van der Waals surface area contributed by atoms with Crippen LogP contribution in [0.1, 0.15) is 55.1 Å². The number of alkyl carbamates (subject to hydrolysis) is 1. The summed E-state index contributed by atoms with van der Waals surface area (Å²) in [5.74, 6) is 0.0581. The van der Waals surface area contributed by atoms with Crippen molar-refractivity contribution in [2.45, 2.75) is 51.9 Å². The number of aromatic nitrogens is 1. The van der Waals surface area contributed by atoms with E-state index in [1.165, 1.54) is 0 Å². The van der Waals surface area contributed by atoms with Gasteiger partial charge in [0.05, 0.1) is 5.56 Å². The van der Waals surface area contributed by atoms with Crippen molar-refractivity contribution in [3.63, 3.8) is 0 Å². The summed E-state index contributed by atoms with van der Waals surface area (Å²) in [6.45, 7) is 6.47. The zero-order valence-electron chi connectivity index (χ0n) is 21.9. The van der Waals surface area contributed by atoms with Crippen LogP contribution in [-0.4, -0.2) is 46.6 Å². The Balaban J connectivity index is 1.64. The Morgan fingerprint density at radius 3 is 2.61 bits per heavy atom. The molecular formula is C30H32N4O4. The van der Waals surface area contributed by atoms with Gasteiger partial charge in [-0.15, -0.1) is 0 Å². The van der Waals surface area contributed by atoms with Gasteiger partial charge in [-0.1, -0.05) is 36.4 Å². The number of hydrogen-bond acceptors (Lipinski definition) is 6. The minimum Gasteiger partial charge on any atom is -0.487 e. The van der Waals surface area contributed by atoms with E-state index in [4.69, 9.17) is 9.47 Å². The Morgan fingerprint density at radius 1 is 1.13 bits per heavy atom. The van der Waals surface area contributed by atoms with E-state index >= 15 is 0 Å². The second kappa shape index (κ2) is 11.8. The van der Waals surface area contributed by atoms with Gasteiger partial charge in [0.15, 0.2) is 0 Å². The fraction of sp³-hybridized carbons (Fsp3) is 0.333. The van der Waals surface area contributed by atoms with E-state index in [0.717, 1.165) is 17.5 Å². The molecule has 0 bridgehead atoms. The van der Waals surface area contributed by atoms with Crippen LogP contribution < -0.4 is 10.1 Å². The van der Waals surface area contributed by atoms with Gasteiger partial charge in [0.2, 0.25) is 0 Å². The first-order valence-corrected chi connectivity index (χ1v) is 12.7. The van der Waals surface area contributed by atoms with Gasteiger partial charge in [0.25, 0.3) is 5.91 Å². The van der Waals surface area contributed by atoms with Crippen LogP contribution in [0.5, 0.6) is 5.75 Å². The normalized spacial score (nSPS) is 15.3. The zero-order valence-corrected chi connectivity index (χ0v) is 21.9. The number of carbonyl (C=O) groups is 2. The number of benzene rings is 2. The molecule has 38 heavy (non-hydrogen) atoms. The molecule has 1 atom stereocenters. The first-order valence-electron chi connectivity index (χ1n) is 12.7. The van der Waals surface area contributed by atoms with E-state index in [1.54, 1.807) is 44.1 Å². The van der Waals surface area contributed by atoms with Crippen molar-refractivity contribution in [2.75, 3.05) is 13.1 Å². The third kappa shape index (κ3) is 6.68. The molecule has 8 nitrogen and oxygen atoms in total. The van der Waals surface area contributed by atoms with Crippen molar-refractivity contribution in [2.24, 2.45) is 0 Å². The molecule has 0 spiro atoms. The van der Waals surface area contributed by atoms with Gasteiger partial charge < -0.3 is 19.7 Å².